The van der Waals surface area contributed by atoms with Crippen LogP contribution in [0.3, 0.4) is 0 Å². The molecule has 0 fully saturated rings. The molecular formula is C14H24NO2P. The van der Waals surface area contributed by atoms with Crippen LogP contribution >= 0.6 is 8.38 Å². The van der Waals surface area contributed by atoms with E-state index < -0.39 is 8.38 Å². The Bertz CT molecular complexity index is 351. The third-order valence-electron chi connectivity index (χ3n) is 2.85. The minimum atomic E-state index is -0.961. The zero-order valence-corrected chi connectivity index (χ0v) is 12.9. The first-order valence-electron chi connectivity index (χ1n) is 6.43. The first-order valence-corrected chi connectivity index (χ1v) is 7.60. The average molecular weight is 269 g/mol. The van der Waals surface area contributed by atoms with Gasteiger partial charge < -0.3 is 13.9 Å². The van der Waals surface area contributed by atoms with Crippen LogP contribution in [0.25, 0.3) is 0 Å². The number of nitrogens with zero attached hydrogens (tertiary/aromatic N) is 1. The minimum Gasteiger partial charge on any atom is -0.331 e. The van der Waals surface area contributed by atoms with Crippen molar-refractivity contribution in [2.75, 3.05) is 27.3 Å². The molecule has 0 aromatic heterocycles. The maximum absolute atomic E-state index is 5.76. The van der Waals surface area contributed by atoms with Crippen LogP contribution in [0, 0.1) is 0 Å². The summed E-state index contributed by atoms with van der Waals surface area (Å²) in [6.07, 6.45) is 0. The van der Waals surface area contributed by atoms with Gasteiger partial charge in [-0.15, -0.1) is 0 Å². The Morgan fingerprint density at radius 1 is 1.11 bits per heavy atom. The lowest BCUT2D eigenvalue weighted by molar-refractivity contribution is 0.276. The van der Waals surface area contributed by atoms with Crippen LogP contribution in [-0.4, -0.2) is 32.2 Å². The van der Waals surface area contributed by atoms with Gasteiger partial charge in [0.25, 0.3) is 0 Å². The molecule has 1 rings (SSSR count). The lowest BCUT2D eigenvalue weighted by Crippen LogP contribution is -2.23. The van der Waals surface area contributed by atoms with Crippen molar-refractivity contribution >= 4 is 13.7 Å². The highest BCUT2D eigenvalue weighted by Crippen LogP contribution is 2.39. The van der Waals surface area contributed by atoms with Crippen molar-refractivity contribution < 1.29 is 9.05 Å². The largest absolute Gasteiger partial charge is 0.331 e. The molecule has 1 atom stereocenters. The molecule has 0 aliphatic heterocycles. The van der Waals surface area contributed by atoms with Gasteiger partial charge in [0, 0.05) is 11.3 Å². The fraction of sp³-hybridized carbons (Fsp3) is 0.571. The summed E-state index contributed by atoms with van der Waals surface area (Å²) in [5, 5.41) is 1.19. The van der Waals surface area contributed by atoms with Gasteiger partial charge in [0.15, 0.2) is 0 Å². The summed E-state index contributed by atoms with van der Waals surface area (Å²) in [6.45, 7) is 7.57. The third kappa shape index (κ3) is 4.03. The molecule has 4 heteroatoms. The highest BCUT2D eigenvalue weighted by molar-refractivity contribution is 7.56. The molecule has 0 amide bonds. The second-order valence-electron chi connectivity index (χ2n) is 4.29. The zero-order chi connectivity index (χ0) is 13.5. The van der Waals surface area contributed by atoms with Crippen LogP contribution in [0.2, 0.25) is 0 Å². The third-order valence-corrected chi connectivity index (χ3v) is 4.64. The Balaban J connectivity index is 3.05. The average Bonchev–Trinajstić information content (AvgIpc) is 2.37. The quantitative estimate of drug-likeness (QED) is 0.709. The molecule has 0 N–H and O–H groups in total. The first kappa shape index (κ1) is 15.6. The SMILES string of the molecule is CCOP(OCC)c1ccccc1[C@@H](C)N(C)C. The van der Waals surface area contributed by atoms with Gasteiger partial charge >= 0.3 is 0 Å². The Kier molecular flexibility index (Phi) is 6.80. The first-order chi connectivity index (χ1) is 8.61. The smallest absolute Gasteiger partial charge is 0.205 e. The number of hydrogen-bond acceptors (Lipinski definition) is 3. The predicted octanol–water partition coefficient (Wildman–Crippen LogP) is 3.32. The van der Waals surface area contributed by atoms with E-state index in [9.17, 15) is 0 Å². The fourth-order valence-corrected chi connectivity index (χ4v) is 3.20. The molecule has 0 heterocycles. The van der Waals surface area contributed by atoms with E-state index in [4.69, 9.17) is 9.05 Å². The van der Waals surface area contributed by atoms with E-state index in [2.05, 4.69) is 50.2 Å². The monoisotopic (exact) mass is 269 g/mol. The number of benzene rings is 1. The van der Waals surface area contributed by atoms with Gasteiger partial charge in [-0.3, -0.25) is 0 Å². The van der Waals surface area contributed by atoms with Gasteiger partial charge in [0.2, 0.25) is 8.38 Å². The van der Waals surface area contributed by atoms with E-state index in [1.807, 2.05) is 13.8 Å². The molecule has 0 saturated heterocycles. The van der Waals surface area contributed by atoms with Gasteiger partial charge in [-0.2, -0.15) is 0 Å². The molecule has 1 aromatic rings. The van der Waals surface area contributed by atoms with E-state index in [1.54, 1.807) is 0 Å². The van der Waals surface area contributed by atoms with Gasteiger partial charge in [0.1, 0.15) is 0 Å². The molecule has 0 unspecified atom stereocenters. The van der Waals surface area contributed by atoms with Gasteiger partial charge in [-0.25, -0.2) is 0 Å². The Labute approximate surface area is 112 Å². The van der Waals surface area contributed by atoms with Gasteiger partial charge in [-0.1, -0.05) is 18.2 Å². The Morgan fingerprint density at radius 2 is 1.67 bits per heavy atom. The second kappa shape index (κ2) is 7.85. The fourth-order valence-electron chi connectivity index (χ4n) is 1.70. The molecule has 0 aliphatic rings. The van der Waals surface area contributed by atoms with Crippen molar-refractivity contribution in [1.82, 2.24) is 4.90 Å². The van der Waals surface area contributed by atoms with E-state index in [0.717, 1.165) is 0 Å². The maximum Gasteiger partial charge on any atom is 0.205 e. The van der Waals surface area contributed by atoms with Crippen molar-refractivity contribution in [3.63, 3.8) is 0 Å². The number of hydrogen-bond donors (Lipinski definition) is 0. The number of rotatable bonds is 7. The van der Waals surface area contributed by atoms with Crippen LogP contribution in [0.1, 0.15) is 32.4 Å². The maximum atomic E-state index is 5.76. The molecule has 102 valence electrons. The van der Waals surface area contributed by atoms with E-state index in [1.165, 1.54) is 10.9 Å². The lowest BCUT2D eigenvalue weighted by Gasteiger charge is -2.25. The van der Waals surface area contributed by atoms with Crippen LogP contribution in [0.15, 0.2) is 24.3 Å². The summed E-state index contributed by atoms with van der Waals surface area (Å²) in [5.74, 6) is 0. The summed E-state index contributed by atoms with van der Waals surface area (Å²) in [5.41, 5.74) is 1.29. The summed E-state index contributed by atoms with van der Waals surface area (Å²) >= 11 is 0. The van der Waals surface area contributed by atoms with E-state index in [-0.39, 0.29) is 0 Å². The molecule has 0 spiro atoms. The van der Waals surface area contributed by atoms with Crippen LogP contribution < -0.4 is 5.30 Å². The summed E-state index contributed by atoms with van der Waals surface area (Å²) in [4.78, 5) is 2.20. The summed E-state index contributed by atoms with van der Waals surface area (Å²) in [6, 6.07) is 8.76. The van der Waals surface area contributed by atoms with Crippen molar-refractivity contribution in [2.45, 2.75) is 26.8 Å². The standard InChI is InChI=1S/C14H24NO2P/c1-6-16-18(17-7-2)14-11-9-8-10-13(14)12(3)15(4)5/h8-12H,6-7H2,1-5H3/t12-/m1/s1. The van der Waals surface area contributed by atoms with Crippen LogP contribution in [0.4, 0.5) is 0 Å². The molecule has 0 bridgehead atoms. The van der Waals surface area contributed by atoms with Gasteiger partial charge in [0.05, 0.1) is 13.2 Å². The highest BCUT2D eigenvalue weighted by Gasteiger charge is 2.20. The van der Waals surface area contributed by atoms with E-state index >= 15 is 0 Å². The summed E-state index contributed by atoms with van der Waals surface area (Å²) in [7, 11) is 3.22. The zero-order valence-electron chi connectivity index (χ0n) is 12.0. The molecule has 0 radical (unpaired) electrons. The Hall–Kier alpha value is -0.470. The topological polar surface area (TPSA) is 21.7 Å². The lowest BCUT2D eigenvalue weighted by atomic mass is 10.1. The van der Waals surface area contributed by atoms with Crippen molar-refractivity contribution in [1.29, 1.82) is 0 Å². The second-order valence-corrected chi connectivity index (χ2v) is 5.80. The molecule has 0 saturated carbocycles. The molecule has 0 aliphatic carbocycles. The molecule has 18 heavy (non-hydrogen) atoms. The molecule has 3 nitrogen and oxygen atoms in total. The predicted molar refractivity (Wildman–Crippen MR) is 78.4 cm³/mol. The summed E-state index contributed by atoms with van der Waals surface area (Å²) < 4.78 is 11.5. The van der Waals surface area contributed by atoms with Crippen molar-refractivity contribution in [2.24, 2.45) is 0 Å². The normalized spacial score (nSPS) is 13.3. The molecular weight excluding hydrogens is 245 g/mol. The Morgan fingerprint density at radius 3 is 2.17 bits per heavy atom. The van der Waals surface area contributed by atoms with Crippen molar-refractivity contribution in [3.8, 4) is 0 Å². The van der Waals surface area contributed by atoms with Gasteiger partial charge in [-0.05, 0) is 46.5 Å². The molecule has 1 aromatic carbocycles. The van der Waals surface area contributed by atoms with Crippen molar-refractivity contribution in [3.05, 3.63) is 29.8 Å². The van der Waals surface area contributed by atoms with Crippen LogP contribution in [0.5, 0.6) is 0 Å². The highest BCUT2D eigenvalue weighted by atomic mass is 31.2. The van der Waals surface area contributed by atoms with E-state index in [0.29, 0.717) is 19.3 Å². The minimum absolute atomic E-state index is 0.354. The van der Waals surface area contributed by atoms with Crippen LogP contribution in [-0.2, 0) is 9.05 Å².